The van der Waals surface area contributed by atoms with Gasteiger partial charge in [-0.1, -0.05) is 17.7 Å². The van der Waals surface area contributed by atoms with Gasteiger partial charge in [-0.3, -0.25) is 0 Å². The highest BCUT2D eigenvalue weighted by Gasteiger charge is 2.25. The third-order valence-corrected chi connectivity index (χ3v) is 3.94. The van der Waals surface area contributed by atoms with E-state index in [9.17, 15) is 22.7 Å². The molecule has 7 heteroatoms. The lowest BCUT2D eigenvalue weighted by Gasteiger charge is -2.15. The largest absolute Gasteiger partial charge is 0.383 e. The molecule has 0 aliphatic heterocycles. The molecule has 20 heavy (non-hydrogen) atoms. The highest BCUT2D eigenvalue weighted by atomic mass is 79.9. The quantitative estimate of drug-likeness (QED) is 0.599. The van der Waals surface area contributed by atoms with Crippen LogP contribution in [0.3, 0.4) is 0 Å². The van der Waals surface area contributed by atoms with Crippen LogP contribution in [0.2, 0.25) is 5.02 Å². The summed E-state index contributed by atoms with van der Waals surface area (Å²) in [5.74, 6) is -4.77. The van der Waals surface area contributed by atoms with Gasteiger partial charge in [-0.25, -0.2) is 17.6 Å². The van der Waals surface area contributed by atoms with Crippen LogP contribution in [0, 0.1) is 23.3 Å². The van der Waals surface area contributed by atoms with Crippen molar-refractivity contribution in [2.45, 2.75) is 6.10 Å². The first-order valence-electron chi connectivity index (χ1n) is 5.28. The Morgan fingerprint density at radius 1 is 1.05 bits per heavy atom. The smallest absolute Gasteiger partial charge is 0.149 e. The molecule has 0 aliphatic rings. The van der Waals surface area contributed by atoms with E-state index in [0.717, 1.165) is 6.07 Å². The molecule has 2 rings (SSSR count). The van der Waals surface area contributed by atoms with Crippen LogP contribution in [0.5, 0.6) is 0 Å². The van der Waals surface area contributed by atoms with E-state index in [1.807, 2.05) is 0 Å². The summed E-state index contributed by atoms with van der Waals surface area (Å²) in [6.45, 7) is 0. The summed E-state index contributed by atoms with van der Waals surface area (Å²) in [6.07, 6.45) is -1.94. The highest BCUT2D eigenvalue weighted by Crippen LogP contribution is 2.34. The summed E-state index contributed by atoms with van der Waals surface area (Å²) in [5.41, 5.74) is -1.26. The molecule has 0 bridgehead atoms. The van der Waals surface area contributed by atoms with Gasteiger partial charge in [0.05, 0.1) is 10.6 Å². The minimum absolute atomic E-state index is 0.229. The van der Waals surface area contributed by atoms with Crippen LogP contribution < -0.4 is 0 Å². The third kappa shape index (κ3) is 2.68. The van der Waals surface area contributed by atoms with Crippen molar-refractivity contribution in [1.29, 1.82) is 0 Å². The third-order valence-electron chi connectivity index (χ3n) is 2.68. The van der Waals surface area contributed by atoms with Crippen LogP contribution >= 0.6 is 27.5 Å². The molecular weight excluding hydrogens is 363 g/mol. The van der Waals surface area contributed by atoms with Crippen molar-refractivity contribution < 1.29 is 22.7 Å². The summed E-state index contributed by atoms with van der Waals surface area (Å²) in [6, 6.07) is 3.25. The Bertz CT molecular complexity index is 655. The van der Waals surface area contributed by atoms with E-state index in [1.54, 1.807) is 0 Å². The van der Waals surface area contributed by atoms with Gasteiger partial charge in [0.1, 0.15) is 29.4 Å². The van der Waals surface area contributed by atoms with E-state index in [2.05, 4.69) is 15.9 Å². The predicted octanol–water partition coefficient (Wildman–Crippen LogP) is 4.74. The van der Waals surface area contributed by atoms with Gasteiger partial charge >= 0.3 is 0 Å². The maximum atomic E-state index is 13.9. The van der Waals surface area contributed by atoms with E-state index in [1.165, 1.54) is 6.07 Å². The minimum Gasteiger partial charge on any atom is -0.383 e. The van der Waals surface area contributed by atoms with Crippen molar-refractivity contribution in [2.24, 2.45) is 0 Å². The molecule has 1 atom stereocenters. The molecular formula is C13H6BrClF4O. The molecule has 1 N–H and O–H groups in total. The summed E-state index contributed by atoms with van der Waals surface area (Å²) in [5, 5.41) is 9.59. The number of aliphatic hydroxyl groups is 1. The number of rotatable bonds is 2. The number of benzene rings is 2. The molecule has 0 radical (unpaired) electrons. The van der Waals surface area contributed by atoms with Crippen molar-refractivity contribution in [3.8, 4) is 0 Å². The average Bonchev–Trinajstić information content (AvgIpc) is 2.34. The topological polar surface area (TPSA) is 20.2 Å². The molecule has 2 aromatic carbocycles. The Balaban J connectivity index is 2.58. The average molecular weight is 370 g/mol. The molecule has 0 aromatic heterocycles. The van der Waals surface area contributed by atoms with Gasteiger partial charge in [0.25, 0.3) is 0 Å². The lowest BCUT2D eigenvalue weighted by atomic mass is 10.00. The summed E-state index contributed by atoms with van der Waals surface area (Å²) in [4.78, 5) is 0. The molecule has 0 fully saturated rings. The zero-order chi connectivity index (χ0) is 15.0. The lowest BCUT2D eigenvalue weighted by molar-refractivity contribution is 0.203. The molecule has 0 aliphatic carbocycles. The van der Waals surface area contributed by atoms with Crippen LogP contribution in [0.4, 0.5) is 17.6 Å². The Kier molecular flexibility index (Phi) is 4.36. The molecule has 0 heterocycles. The molecule has 2 aromatic rings. The van der Waals surface area contributed by atoms with E-state index in [4.69, 9.17) is 11.6 Å². The van der Waals surface area contributed by atoms with Crippen LogP contribution in [0.15, 0.2) is 28.7 Å². The molecule has 1 nitrogen and oxygen atoms in total. The summed E-state index contributed by atoms with van der Waals surface area (Å²) in [7, 11) is 0. The molecule has 1 unspecified atom stereocenters. The van der Waals surface area contributed by atoms with Crippen molar-refractivity contribution in [1.82, 2.24) is 0 Å². The summed E-state index contributed by atoms with van der Waals surface area (Å²) >= 11 is 8.61. The van der Waals surface area contributed by atoms with Gasteiger partial charge in [0, 0.05) is 22.2 Å². The Morgan fingerprint density at radius 3 is 2.15 bits per heavy atom. The lowest BCUT2D eigenvalue weighted by Crippen LogP contribution is -2.09. The molecule has 106 valence electrons. The number of hydrogen-bond acceptors (Lipinski definition) is 1. The Morgan fingerprint density at radius 2 is 1.60 bits per heavy atom. The molecule has 0 spiro atoms. The van der Waals surface area contributed by atoms with Gasteiger partial charge in [-0.05, 0) is 22.0 Å². The van der Waals surface area contributed by atoms with E-state index >= 15 is 0 Å². The second kappa shape index (κ2) is 5.71. The van der Waals surface area contributed by atoms with Crippen LogP contribution in [-0.2, 0) is 0 Å². The predicted molar refractivity (Wildman–Crippen MR) is 69.5 cm³/mol. The van der Waals surface area contributed by atoms with Gasteiger partial charge < -0.3 is 5.11 Å². The van der Waals surface area contributed by atoms with E-state index in [0.29, 0.717) is 12.1 Å². The Labute approximate surface area is 124 Å². The first-order chi connectivity index (χ1) is 9.32. The maximum Gasteiger partial charge on any atom is 0.149 e. The minimum atomic E-state index is -1.94. The number of aliphatic hydroxyl groups excluding tert-OH is 1. The second-order valence-corrected chi connectivity index (χ2v) is 5.18. The first kappa shape index (κ1) is 15.3. The molecule has 0 saturated carbocycles. The zero-order valence-electron chi connectivity index (χ0n) is 9.60. The fourth-order valence-corrected chi connectivity index (χ4v) is 2.20. The second-order valence-electron chi connectivity index (χ2n) is 3.95. The van der Waals surface area contributed by atoms with Gasteiger partial charge in [0.15, 0.2) is 0 Å². The zero-order valence-corrected chi connectivity index (χ0v) is 11.9. The van der Waals surface area contributed by atoms with Gasteiger partial charge in [-0.2, -0.15) is 0 Å². The fraction of sp³-hybridized carbons (Fsp3) is 0.0769. The monoisotopic (exact) mass is 368 g/mol. The van der Waals surface area contributed by atoms with Crippen LogP contribution in [0.25, 0.3) is 0 Å². The first-order valence-corrected chi connectivity index (χ1v) is 6.46. The standard InChI is InChI=1S/C13H6BrClF4O/c14-7-2-1-6(12(19)11(7)15)13(20)10-8(17)3-5(16)4-9(10)18/h1-4,13,20H. The highest BCUT2D eigenvalue weighted by molar-refractivity contribution is 9.10. The molecule has 0 saturated heterocycles. The van der Waals surface area contributed by atoms with Crippen molar-refractivity contribution in [3.63, 3.8) is 0 Å². The normalized spacial score (nSPS) is 12.6. The van der Waals surface area contributed by atoms with Crippen LogP contribution in [0.1, 0.15) is 17.2 Å². The van der Waals surface area contributed by atoms with Crippen molar-refractivity contribution in [2.75, 3.05) is 0 Å². The van der Waals surface area contributed by atoms with Crippen LogP contribution in [-0.4, -0.2) is 5.11 Å². The van der Waals surface area contributed by atoms with Gasteiger partial charge in [-0.15, -0.1) is 0 Å². The fourth-order valence-electron chi connectivity index (χ4n) is 1.72. The number of halogens is 6. The number of hydrogen-bond donors (Lipinski definition) is 1. The van der Waals surface area contributed by atoms with E-state index < -0.39 is 40.5 Å². The Hall–Kier alpha value is -1.11. The van der Waals surface area contributed by atoms with Gasteiger partial charge in [0.2, 0.25) is 0 Å². The molecule has 0 amide bonds. The van der Waals surface area contributed by atoms with Crippen molar-refractivity contribution in [3.05, 3.63) is 68.2 Å². The maximum absolute atomic E-state index is 13.9. The van der Waals surface area contributed by atoms with Crippen molar-refractivity contribution >= 4 is 27.5 Å². The summed E-state index contributed by atoms with van der Waals surface area (Å²) < 4.78 is 54.0. The van der Waals surface area contributed by atoms with E-state index in [-0.39, 0.29) is 9.50 Å². The SMILES string of the molecule is OC(c1ccc(Br)c(Cl)c1F)c1c(F)cc(F)cc1F.